The molecule has 3 rings (SSSR count). The number of H-pyrrole nitrogens is 1. The van der Waals surface area contributed by atoms with Gasteiger partial charge in [0, 0.05) is 21.8 Å². The van der Waals surface area contributed by atoms with E-state index in [9.17, 15) is 5.26 Å². The van der Waals surface area contributed by atoms with E-state index in [1.807, 2.05) is 61.5 Å². The van der Waals surface area contributed by atoms with Gasteiger partial charge in [-0.05, 0) is 24.6 Å². The van der Waals surface area contributed by atoms with Crippen molar-refractivity contribution in [3.05, 3.63) is 75.4 Å². The fraction of sp³-hybridized carbons (Fsp3) is 0.0526. The van der Waals surface area contributed by atoms with Gasteiger partial charge in [-0.3, -0.25) is 0 Å². The van der Waals surface area contributed by atoms with Crippen LogP contribution in [0.15, 0.2) is 54.6 Å². The van der Waals surface area contributed by atoms with Gasteiger partial charge in [0.1, 0.15) is 10.7 Å². The van der Waals surface area contributed by atoms with Gasteiger partial charge < -0.3 is 4.98 Å². The molecule has 0 aliphatic rings. The van der Waals surface area contributed by atoms with Crippen LogP contribution in [0.3, 0.4) is 0 Å². The molecular weight excluding hydrogens is 324 g/mol. The molecule has 0 saturated carbocycles. The van der Waals surface area contributed by atoms with E-state index in [0.717, 1.165) is 22.4 Å². The molecule has 0 radical (unpaired) electrons. The Hall–Kier alpha value is -2.41. The zero-order valence-electron chi connectivity index (χ0n) is 12.4. The number of nitriles is 1. The lowest BCUT2D eigenvalue weighted by molar-refractivity contribution is 1.27. The standard InChI is InChI=1S/C19H13ClN2S/c1-12-6-8-13(9-7-12)18-10-15(16(11-21)19(23)22-18)14-4-2-3-5-17(14)20/h2-10H,1H3,(H,22,23). The first-order valence-electron chi connectivity index (χ1n) is 7.09. The van der Waals surface area contributed by atoms with Crippen molar-refractivity contribution < 1.29 is 0 Å². The molecular formula is C19H13ClN2S. The quantitative estimate of drug-likeness (QED) is 0.591. The van der Waals surface area contributed by atoms with Gasteiger partial charge in [0.15, 0.2) is 0 Å². The Balaban J connectivity index is 2.27. The van der Waals surface area contributed by atoms with Gasteiger partial charge in [0.05, 0.1) is 5.56 Å². The minimum Gasteiger partial charge on any atom is -0.345 e. The molecule has 112 valence electrons. The van der Waals surface area contributed by atoms with Crippen LogP contribution in [0.5, 0.6) is 0 Å². The van der Waals surface area contributed by atoms with Gasteiger partial charge in [0.2, 0.25) is 0 Å². The van der Waals surface area contributed by atoms with Gasteiger partial charge in [-0.25, -0.2) is 0 Å². The normalized spacial score (nSPS) is 10.3. The van der Waals surface area contributed by atoms with E-state index in [-0.39, 0.29) is 0 Å². The highest BCUT2D eigenvalue weighted by Crippen LogP contribution is 2.33. The zero-order valence-corrected chi connectivity index (χ0v) is 14.0. The molecule has 1 N–H and O–H groups in total. The van der Waals surface area contributed by atoms with E-state index in [1.54, 1.807) is 0 Å². The lowest BCUT2D eigenvalue weighted by Gasteiger charge is -2.10. The third-order valence-corrected chi connectivity index (χ3v) is 4.31. The van der Waals surface area contributed by atoms with Gasteiger partial charge in [-0.1, -0.05) is 71.8 Å². The smallest absolute Gasteiger partial charge is 0.122 e. The van der Waals surface area contributed by atoms with E-state index in [1.165, 1.54) is 5.56 Å². The third kappa shape index (κ3) is 3.05. The molecule has 4 heteroatoms. The third-order valence-electron chi connectivity index (χ3n) is 3.67. The first-order chi connectivity index (χ1) is 11.1. The van der Waals surface area contributed by atoms with Crippen LogP contribution in [-0.4, -0.2) is 4.98 Å². The summed E-state index contributed by atoms with van der Waals surface area (Å²) >= 11 is 11.7. The molecule has 2 nitrogen and oxygen atoms in total. The van der Waals surface area contributed by atoms with Gasteiger partial charge in [-0.2, -0.15) is 5.26 Å². The second kappa shape index (κ2) is 6.37. The predicted molar refractivity (Wildman–Crippen MR) is 97.0 cm³/mol. The van der Waals surface area contributed by atoms with Crippen molar-refractivity contribution in [1.29, 1.82) is 5.26 Å². The Morgan fingerprint density at radius 1 is 1.04 bits per heavy atom. The maximum Gasteiger partial charge on any atom is 0.122 e. The summed E-state index contributed by atoms with van der Waals surface area (Å²) in [6.45, 7) is 2.04. The Labute approximate surface area is 145 Å². The highest BCUT2D eigenvalue weighted by molar-refractivity contribution is 7.71. The number of halogens is 1. The molecule has 0 spiro atoms. The van der Waals surface area contributed by atoms with E-state index in [2.05, 4.69) is 11.1 Å². The fourth-order valence-corrected chi connectivity index (χ4v) is 2.95. The number of benzene rings is 2. The molecule has 1 aromatic heterocycles. The first-order valence-corrected chi connectivity index (χ1v) is 7.88. The lowest BCUT2D eigenvalue weighted by Crippen LogP contribution is -1.93. The molecule has 1 heterocycles. The number of nitrogens with zero attached hydrogens (tertiary/aromatic N) is 1. The molecule has 0 saturated heterocycles. The molecule has 0 aliphatic carbocycles. The van der Waals surface area contributed by atoms with Crippen molar-refractivity contribution in [3.8, 4) is 28.5 Å². The van der Waals surface area contributed by atoms with Crippen LogP contribution in [0.25, 0.3) is 22.4 Å². The van der Waals surface area contributed by atoms with E-state index >= 15 is 0 Å². The molecule has 0 atom stereocenters. The summed E-state index contributed by atoms with van der Waals surface area (Å²) < 4.78 is 0.417. The molecule has 0 aliphatic heterocycles. The number of aryl methyl sites for hydroxylation is 1. The molecule has 23 heavy (non-hydrogen) atoms. The molecule has 0 fully saturated rings. The Morgan fingerprint density at radius 2 is 1.74 bits per heavy atom. The van der Waals surface area contributed by atoms with Gasteiger partial charge in [-0.15, -0.1) is 0 Å². The SMILES string of the molecule is Cc1ccc(-c2cc(-c3ccccc3Cl)c(C#N)c(=S)[nH]2)cc1. The van der Waals surface area contributed by atoms with Crippen LogP contribution in [-0.2, 0) is 0 Å². The summed E-state index contributed by atoms with van der Waals surface area (Å²) in [7, 11) is 0. The van der Waals surface area contributed by atoms with Crippen molar-refractivity contribution in [2.45, 2.75) is 6.92 Å². The summed E-state index contributed by atoms with van der Waals surface area (Å²) in [6.07, 6.45) is 0. The van der Waals surface area contributed by atoms with Crippen LogP contribution < -0.4 is 0 Å². The van der Waals surface area contributed by atoms with E-state index in [4.69, 9.17) is 23.8 Å². The number of pyridine rings is 1. The number of hydrogen-bond acceptors (Lipinski definition) is 2. The number of aromatic amines is 1. The minimum absolute atomic E-state index is 0.417. The first kappa shape index (κ1) is 15.5. The summed E-state index contributed by atoms with van der Waals surface area (Å²) in [4.78, 5) is 3.14. The van der Waals surface area contributed by atoms with Crippen molar-refractivity contribution in [2.24, 2.45) is 0 Å². The maximum atomic E-state index is 9.47. The molecule has 2 aromatic carbocycles. The Kier molecular flexibility index (Phi) is 4.29. The highest BCUT2D eigenvalue weighted by atomic mass is 35.5. The largest absolute Gasteiger partial charge is 0.345 e. The number of aromatic nitrogens is 1. The van der Waals surface area contributed by atoms with Crippen molar-refractivity contribution >= 4 is 23.8 Å². The molecule has 3 aromatic rings. The average molecular weight is 337 g/mol. The maximum absolute atomic E-state index is 9.47. The van der Waals surface area contributed by atoms with Crippen LogP contribution in [0.4, 0.5) is 0 Å². The van der Waals surface area contributed by atoms with Crippen LogP contribution in [0.2, 0.25) is 5.02 Å². The molecule has 0 amide bonds. The summed E-state index contributed by atoms with van der Waals surface area (Å²) in [5.41, 5.74) is 5.05. The molecule has 0 unspecified atom stereocenters. The summed E-state index contributed by atoms with van der Waals surface area (Å²) in [5, 5.41) is 10.1. The monoisotopic (exact) mass is 336 g/mol. The second-order valence-corrected chi connectivity index (χ2v) is 6.07. The van der Waals surface area contributed by atoms with Crippen LogP contribution >= 0.6 is 23.8 Å². The van der Waals surface area contributed by atoms with Gasteiger partial charge in [0.25, 0.3) is 0 Å². The van der Waals surface area contributed by atoms with Gasteiger partial charge >= 0.3 is 0 Å². The van der Waals surface area contributed by atoms with Crippen molar-refractivity contribution in [2.75, 3.05) is 0 Å². The fourth-order valence-electron chi connectivity index (χ4n) is 2.45. The van der Waals surface area contributed by atoms with Crippen molar-refractivity contribution in [1.82, 2.24) is 4.98 Å². The highest BCUT2D eigenvalue weighted by Gasteiger charge is 2.12. The average Bonchev–Trinajstić information content (AvgIpc) is 2.55. The topological polar surface area (TPSA) is 39.6 Å². The number of rotatable bonds is 2. The van der Waals surface area contributed by atoms with Crippen LogP contribution in [0, 0.1) is 22.9 Å². The Morgan fingerprint density at radius 3 is 2.39 bits per heavy atom. The predicted octanol–water partition coefficient (Wildman–Crippen LogP) is 5.91. The minimum atomic E-state index is 0.417. The number of nitrogens with one attached hydrogen (secondary N) is 1. The van der Waals surface area contributed by atoms with Crippen LogP contribution in [0.1, 0.15) is 11.1 Å². The lowest BCUT2D eigenvalue weighted by atomic mass is 9.99. The van der Waals surface area contributed by atoms with E-state index in [0.29, 0.717) is 15.2 Å². The zero-order chi connectivity index (χ0) is 16.4. The summed E-state index contributed by atoms with van der Waals surface area (Å²) in [5.74, 6) is 0. The second-order valence-electron chi connectivity index (χ2n) is 5.26. The Bertz CT molecular complexity index is 966. The summed E-state index contributed by atoms with van der Waals surface area (Å²) in [6, 6.07) is 19.7. The number of hydrogen-bond donors (Lipinski definition) is 1. The van der Waals surface area contributed by atoms with Crippen molar-refractivity contribution in [3.63, 3.8) is 0 Å². The molecule has 0 bridgehead atoms. The van der Waals surface area contributed by atoms with E-state index < -0.39 is 0 Å².